The second kappa shape index (κ2) is 7.01. The molecule has 0 atom stereocenters. The molecule has 1 rings (SSSR count). The van der Waals surface area contributed by atoms with Gasteiger partial charge in [-0.1, -0.05) is 26.0 Å². The van der Waals surface area contributed by atoms with Crippen molar-refractivity contribution in [1.82, 2.24) is 5.32 Å². The third-order valence-electron chi connectivity index (χ3n) is 2.42. The monoisotopic (exact) mass is 268 g/mol. The summed E-state index contributed by atoms with van der Waals surface area (Å²) in [5, 5.41) is 4.92. The lowest BCUT2D eigenvalue weighted by molar-refractivity contribution is -0.136. The number of halogens is 1. The summed E-state index contributed by atoms with van der Waals surface area (Å²) in [6.45, 7) is 4.46. The number of nitrogens with one attached hydrogen (secondary N) is 2. The molecule has 0 aliphatic carbocycles. The number of carbonyl (C=O) groups is 2. The minimum absolute atomic E-state index is 0.278. The van der Waals surface area contributed by atoms with Crippen molar-refractivity contribution in [3.63, 3.8) is 0 Å². The molecule has 0 saturated carbocycles. The number of carbonyl (C=O) groups excluding carboxylic acids is 2. The highest BCUT2D eigenvalue weighted by Gasteiger charge is 2.12. The zero-order valence-electron chi connectivity index (χ0n) is 10.5. The third kappa shape index (κ3) is 4.37. The predicted octanol–water partition coefficient (Wildman–Crippen LogP) is 2.10. The standard InChI is InChI=1S/C13H17ClN2O2/c1-9(2)10-3-5-11(6-4-10)16-13(18)12(17)15-8-7-14/h3-6,9H,7-8H2,1-2H3,(H,15,17)(H,16,18). The van der Waals surface area contributed by atoms with E-state index in [4.69, 9.17) is 11.6 Å². The fourth-order valence-electron chi connectivity index (χ4n) is 1.38. The zero-order valence-corrected chi connectivity index (χ0v) is 11.3. The van der Waals surface area contributed by atoms with Crippen LogP contribution in [0.5, 0.6) is 0 Å². The average Bonchev–Trinajstić information content (AvgIpc) is 2.36. The Hall–Kier alpha value is -1.55. The third-order valence-corrected chi connectivity index (χ3v) is 2.61. The van der Waals surface area contributed by atoms with Crippen molar-refractivity contribution in [3.05, 3.63) is 29.8 Å². The molecule has 0 bridgehead atoms. The summed E-state index contributed by atoms with van der Waals surface area (Å²) in [5.41, 5.74) is 1.78. The van der Waals surface area contributed by atoms with Gasteiger partial charge in [0.1, 0.15) is 0 Å². The SMILES string of the molecule is CC(C)c1ccc(NC(=O)C(=O)NCCCl)cc1. The van der Waals surface area contributed by atoms with Gasteiger partial charge in [-0.3, -0.25) is 9.59 Å². The maximum absolute atomic E-state index is 11.5. The summed E-state index contributed by atoms with van der Waals surface area (Å²) in [6.07, 6.45) is 0. The van der Waals surface area contributed by atoms with E-state index in [0.717, 1.165) is 0 Å². The van der Waals surface area contributed by atoms with E-state index in [0.29, 0.717) is 11.6 Å². The molecule has 1 aromatic carbocycles. The van der Waals surface area contributed by atoms with Gasteiger partial charge >= 0.3 is 11.8 Å². The normalized spacial score (nSPS) is 10.2. The highest BCUT2D eigenvalue weighted by molar-refractivity contribution is 6.39. The van der Waals surface area contributed by atoms with Crippen molar-refractivity contribution in [2.75, 3.05) is 17.7 Å². The lowest BCUT2D eigenvalue weighted by atomic mass is 10.0. The molecule has 0 radical (unpaired) electrons. The molecule has 5 heteroatoms. The van der Waals surface area contributed by atoms with E-state index < -0.39 is 11.8 Å². The van der Waals surface area contributed by atoms with Crippen LogP contribution in [0.1, 0.15) is 25.3 Å². The summed E-state index contributed by atoms with van der Waals surface area (Å²) >= 11 is 5.41. The molecule has 4 nitrogen and oxygen atoms in total. The zero-order chi connectivity index (χ0) is 13.5. The molecule has 1 aromatic rings. The lowest BCUT2D eigenvalue weighted by Gasteiger charge is -2.08. The number of rotatable bonds is 4. The molecule has 2 N–H and O–H groups in total. The molecular weight excluding hydrogens is 252 g/mol. The van der Waals surface area contributed by atoms with Crippen LogP contribution < -0.4 is 10.6 Å². The largest absolute Gasteiger partial charge is 0.347 e. The van der Waals surface area contributed by atoms with Gasteiger partial charge in [0, 0.05) is 18.1 Å². The second-order valence-corrected chi connectivity index (χ2v) is 4.55. The molecule has 0 aromatic heterocycles. The van der Waals surface area contributed by atoms with Gasteiger partial charge in [0.15, 0.2) is 0 Å². The van der Waals surface area contributed by atoms with Gasteiger partial charge in [-0.05, 0) is 23.6 Å². The van der Waals surface area contributed by atoms with Crippen LogP contribution in [0.3, 0.4) is 0 Å². The average molecular weight is 269 g/mol. The fraction of sp³-hybridized carbons (Fsp3) is 0.385. The van der Waals surface area contributed by atoms with E-state index in [-0.39, 0.29) is 12.4 Å². The molecule has 0 heterocycles. The van der Waals surface area contributed by atoms with Crippen molar-refractivity contribution in [2.24, 2.45) is 0 Å². The summed E-state index contributed by atoms with van der Waals surface area (Å²) in [5.74, 6) is -0.648. The van der Waals surface area contributed by atoms with Crippen LogP contribution in [0.15, 0.2) is 24.3 Å². The Bertz CT molecular complexity index is 416. The van der Waals surface area contributed by atoms with Crippen LogP contribution in [0.2, 0.25) is 0 Å². The number of anilines is 1. The predicted molar refractivity (Wildman–Crippen MR) is 72.9 cm³/mol. The molecule has 0 saturated heterocycles. The van der Waals surface area contributed by atoms with Gasteiger partial charge in [-0.25, -0.2) is 0 Å². The molecular formula is C13H17ClN2O2. The van der Waals surface area contributed by atoms with Crippen molar-refractivity contribution < 1.29 is 9.59 Å². The summed E-state index contributed by atoms with van der Waals surface area (Å²) in [4.78, 5) is 22.8. The summed E-state index contributed by atoms with van der Waals surface area (Å²) in [6, 6.07) is 7.41. The van der Waals surface area contributed by atoms with Crippen molar-refractivity contribution in [2.45, 2.75) is 19.8 Å². The smallest absolute Gasteiger partial charge is 0.313 e. The lowest BCUT2D eigenvalue weighted by Crippen LogP contribution is -2.36. The molecule has 0 spiro atoms. The summed E-state index contributed by atoms with van der Waals surface area (Å²) < 4.78 is 0. The molecule has 2 amide bonds. The Kier molecular flexibility index (Phi) is 5.65. The Morgan fingerprint density at radius 2 is 1.78 bits per heavy atom. The van der Waals surface area contributed by atoms with Crippen LogP contribution in [0, 0.1) is 0 Å². The fourth-order valence-corrected chi connectivity index (χ4v) is 1.47. The highest BCUT2D eigenvalue weighted by Crippen LogP contribution is 2.16. The Morgan fingerprint density at radius 3 is 2.28 bits per heavy atom. The van der Waals surface area contributed by atoms with Crippen LogP contribution in [-0.4, -0.2) is 24.2 Å². The Morgan fingerprint density at radius 1 is 1.17 bits per heavy atom. The minimum atomic E-state index is -0.683. The van der Waals surface area contributed by atoms with E-state index in [1.54, 1.807) is 12.1 Å². The topological polar surface area (TPSA) is 58.2 Å². The first kappa shape index (κ1) is 14.5. The Labute approximate surface area is 112 Å². The van der Waals surface area contributed by atoms with Gasteiger partial charge in [-0.2, -0.15) is 0 Å². The molecule has 0 aliphatic rings. The maximum Gasteiger partial charge on any atom is 0.313 e. The van der Waals surface area contributed by atoms with Crippen molar-refractivity contribution >= 4 is 29.1 Å². The van der Waals surface area contributed by atoms with E-state index in [1.165, 1.54) is 5.56 Å². The molecule has 0 fully saturated rings. The quantitative estimate of drug-likeness (QED) is 0.649. The van der Waals surface area contributed by atoms with Crippen molar-refractivity contribution in [1.29, 1.82) is 0 Å². The highest BCUT2D eigenvalue weighted by atomic mass is 35.5. The Balaban J connectivity index is 2.56. The number of benzene rings is 1. The number of hydrogen-bond acceptors (Lipinski definition) is 2. The van der Waals surface area contributed by atoms with Crippen LogP contribution in [-0.2, 0) is 9.59 Å². The van der Waals surface area contributed by atoms with Crippen LogP contribution in [0.4, 0.5) is 5.69 Å². The van der Waals surface area contributed by atoms with E-state index in [1.807, 2.05) is 12.1 Å². The van der Waals surface area contributed by atoms with E-state index >= 15 is 0 Å². The molecule has 18 heavy (non-hydrogen) atoms. The summed E-state index contributed by atoms with van der Waals surface area (Å²) in [7, 11) is 0. The van der Waals surface area contributed by atoms with Gasteiger partial charge in [0.05, 0.1) is 0 Å². The number of alkyl halides is 1. The first-order chi connectivity index (χ1) is 8.54. The van der Waals surface area contributed by atoms with E-state index in [9.17, 15) is 9.59 Å². The van der Waals surface area contributed by atoms with Gasteiger partial charge in [0.2, 0.25) is 0 Å². The minimum Gasteiger partial charge on any atom is -0.347 e. The van der Waals surface area contributed by atoms with Crippen LogP contribution in [0.25, 0.3) is 0 Å². The van der Waals surface area contributed by atoms with Gasteiger partial charge < -0.3 is 10.6 Å². The second-order valence-electron chi connectivity index (χ2n) is 4.18. The molecule has 0 unspecified atom stereocenters. The number of amides is 2. The first-order valence-electron chi connectivity index (χ1n) is 5.79. The van der Waals surface area contributed by atoms with Gasteiger partial charge in [-0.15, -0.1) is 11.6 Å². The van der Waals surface area contributed by atoms with E-state index in [2.05, 4.69) is 24.5 Å². The molecule has 98 valence electrons. The number of hydrogen-bond donors (Lipinski definition) is 2. The maximum atomic E-state index is 11.5. The van der Waals surface area contributed by atoms with Crippen molar-refractivity contribution in [3.8, 4) is 0 Å². The molecule has 0 aliphatic heterocycles. The first-order valence-corrected chi connectivity index (χ1v) is 6.33. The van der Waals surface area contributed by atoms with Crippen LogP contribution >= 0.6 is 11.6 Å². The van der Waals surface area contributed by atoms with Gasteiger partial charge in [0.25, 0.3) is 0 Å².